The van der Waals surface area contributed by atoms with Crippen molar-refractivity contribution in [1.29, 1.82) is 0 Å². The molecule has 3 nitrogen and oxygen atoms in total. The molecule has 0 fully saturated rings. The lowest BCUT2D eigenvalue weighted by molar-refractivity contribution is 0.623. The molecule has 1 aromatic carbocycles. The highest BCUT2D eigenvalue weighted by molar-refractivity contribution is 5.30. The number of hydrogen-bond acceptors (Lipinski definition) is 2. The Morgan fingerprint density at radius 3 is 2.71 bits per heavy atom. The molecule has 0 aliphatic heterocycles. The van der Waals surface area contributed by atoms with E-state index in [0.717, 1.165) is 36.7 Å². The lowest BCUT2D eigenvalue weighted by Gasteiger charge is -2.12. The Balaban J connectivity index is 2.05. The first-order valence-corrected chi connectivity index (χ1v) is 7.48. The Bertz CT molecular complexity index is 602. The number of nitrogens with zero attached hydrogens (tertiary/aromatic N) is 2. The molecule has 1 aromatic heterocycles. The van der Waals surface area contributed by atoms with Crippen LogP contribution in [0.2, 0.25) is 0 Å². The molecule has 0 saturated heterocycles. The van der Waals surface area contributed by atoms with Crippen LogP contribution in [0, 0.1) is 25.6 Å². The molecule has 4 heteroatoms. The topological polar surface area (TPSA) is 29.9 Å². The highest BCUT2D eigenvalue weighted by Gasteiger charge is 2.07. The molecule has 0 aliphatic rings. The average Bonchev–Trinajstić information content (AvgIpc) is 2.76. The van der Waals surface area contributed by atoms with Crippen molar-refractivity contribution in [2.24, 2.45) is 5.92 Å². The van der Waals surface area contributed by atoms with E-state index in [1.54, 1.807) is 6.07 Å². The van der Waals surface area contributed by atoms with Crippen molar-refractivity contribution in [3.8, 4) is 0 Å². The number of nitrogens with one attached hydrogen (secondary N) is 1. The Hall–Kier alpha value is -1.84. The summed E-state index contributed by atoms with van der Waals surface area (Å²) in [6.07, 6.45) is 2.93. The quantitative estimate of drug-likeness (QED) is 0.872. The maximum atomic E-state index is 13.1. The Labute approximate surface area is 126 Å². The van der Waals surface area contributed by atoms with Gasteiger partial charge in [-0.3, -0.25) is 0 Å². The molecule has 0 amide bonds. The van der Waals surface area contributed by atoms with E-state index in [1.165, 1.54) is 11.6 Å². The molecule has 1 N–H and O–H groups in total. The van der Waals surface area contributed by atoms with E-state index in [1.807, 2.05) is 19.9 Å². The SMILES string of the molecule is Cc1cn(CCc2ccc(F)cc2C)c(NCC(C)C)n1. The van der Waals surface area contributed by atoms with Crippen molar-refractivity contribution < 1.29 is 4.39 Å². The third kappa shape index (κ3) is 4.31. The summed E-state index contributed by atoms with van der Waals surface area (Å²) in [6.45, 7) is 10.1. The number of hydrogen-bond donors (Lipinski definition) is 1. The van der Waals surface area contributed by atoms with Crippen molar-refractivity contribution >= 4 is 5.95 Å². The van der Waals surface area contributed by atoms with E-state index in [9.17, 15) is 4.39 Å². The van der Waals surface area contributed by atoms with E-state index in [-0.39, 0.29) is 5.82 Å². The minimum absolute atomic E-state index is 0.172. The first-order valence-electron chi connectivity index (χ1n) is 7.48. The molecular formula is C17H24FN3. The molecule has 0 radical (unpaired) electrons. The van der Waals surface area contributed by atoms with E-state index in [0.29, 0.717) is 5.92 Å². The summed E-state index contributed by atoms with van der Waals surface area (Å²) in [6, 6.07) is 4.99. The maximum Gasteiger partial charge on any atom is 0.203 e. The van der Waals surface area contributed by atoms with Gasteiger partial charge in [-0.25, -0.2) is 9.37 Å². The summed E-state index contributed by atoms with van der Waals surface area (Å²) in [7, 11) is 0. The lowest BCUT2D eigenvalue weighted by Crippen LogP contribution is -2.13. The minimum atomic E-state index is -0.172. The largest absolute Gasteiger partial charge is 0.355 e. The lowest BCUT2D eigenvalue weighted by atomic mass is 10.1. The van der Waals surface area contributed by atoms with Crippen LogP contribution in [-0.4, -0.2) is 16.1 Å². The first-order chi connectivity index (χ1) is 9.95. The minimum Gasteiger partial charge on any atom is -0.355 e. The normalized spacial score (nSPS) is 11.1. The maximum absolute atomic E-state index is 13.1. The van der Waals surface area contributed by atoms with Crippen molar-refractivity contribution in [2.45, 2.75) is 40.7 Å². The van der Waals surface area contributed by atoms with Crippen LogP contribution in [0.3, 0.4) is 0 Å². The van der Waals surface area contributed by atoms with E-state index in [4.69, 9.17) is 0 Å². The zero-order chi connectivity index (χ0) is 15.4. The monoisotopic (exact) mass is 289 g/mol. The fourth-order valence-corrected chi connectivity index (χ4v) is 2.33. The molecule has 114 valence electrons. The number of rotatable bonds is 6. The average molecular weight is 289 g/mol. The van der Waals surface area contributed by atoms with Crippen molar-refractivity contribution in [2.75, 3.05) is 11.9 Å². The predicted molar refractivity (Wildman–Crippen MR) is 85.1 cm³/mol. The number of benzene rings is 1. The number of imidazole rings is 1. The van der Waals surface area contributed by atoms with Gasteiger partial charge in [-0.15, -0.1) is 0 Å². The van der Waals surface area contributed by atoms with Gasteiger partial charge >= 0.3 is 0 Å². The molecule has 2 aromatic rings. The van der Waals surface area contributed by atoms with Crippen molar-refractivity contribution in [3.63, 3.8) is 0 Å². The highest BCUT2D eigenvalue weighted by atomic mass is 19.1. The van der Waals surface area contributed by atoms with Crippen LogP contribution in [0.15, 0.2) is 24.4 Å². The summed E-state index contributed by atoms with van der Waals surface area (Å²) in [5.74, 6) is 1.32. The molecular weight excluding hydrogens is 265 g/mol. The number of halogens is 1. The van der Waals surface area contributed by atoms with Crippen LogP contribution >= 0.6 is 0 Å². The van der Waals surface area contributed by atoms with Gasteiger partial charge in [0.2, 0.25) is 5.95 Å². The van der Waals surface area contributed by atoms with Gasteiger partial charge in [0.05, 0.1) is 5.69 Å². The first kappa shape index (κ1) is 15.5. The molecule has 0 saturated carbocycles. The van der Waals surface area contributed by atoms with Crippen molar-refractivity contribution in [1.82, 2.24) is 9.55 Å². The summed E-state index contributed by atoms with van der Waals surface area (Å²) in [5, 5.41) is 3.39. The van der Waals surface area contributed by atoms with Gasteiger partial charge < -0.3 is 9.88 Å². The highest BCUT2D eigenvalue weighted by Crippen LogP contribution is 2.14. The zero-order valence-corrected chi connectivity index (χ0v) is 13.3. The van der Waals surface area contributed by atoms with Gasteiger partial charge in [0.25, 0.3) is 0 Å². The molecule has 0 unspecified atom stereocenters. The molecule has 0 atom stereocenters. The molecule has 0 spiro atoms. The fraction of sp³-hybridized carbons (Fsp3) is 0.471. The van der Waals surface area contributed by atoms with Gasteiger partial charge in [-0.2, -0.15) is 0 Å². The molecule has 0 aliphatic carbocycles. The van der Waals surface area contributed by atoms with Crippen LogP contribution < -0.4 is 5.32 Å². The van der Waals surface area contributed by atoms with E-state index < -0.39 is 0 Å². The third-order valence-electron chi connectivity index (χ3n) is 3.49. The Morgan fingerprint density at radius 1 is 1.29 bits per heavy atom. The Morgan fingerprint density at radius 2 is 2.05 bits per heavy atom. The van der Waals surface area contributed by atoms with E-state index in [2.05, 4.69) is 34.9 Å². The summed E-state index contributed by atoms with van der Waals surface area (Å²) in [4.78, 5) is 4.52. The summed E-state index contributed by atoms with van der Waals surface area (Å²) >= 11 is 0. The van der Waals surface area contributed by atoms with Crippen LogP contribution in [-0.2, 0) is 13.0 Å². The number of aromatic nitrogens is 2. The van der Waals surface area contributed by atoms with Crippen LogP contribution in [0.25, 0.3) is 0 Å². The molecule has 2 rings (SSSR count). The van der Waals surface area contributed by atoms with Gasteiger partial charge in [0.1, 0.15) is 5.82 Å². The fourth-order valence-electron chi connectivity index (χ4n) is 2.33. The van der Waals surface area contributed by atoms with Gasteiger partial charge in [-0.1, -0.05) is 19.9 Å². The third-order valence-corrected chi connectivity index (χ3v) is 3.49. The van der Waals surface area contributed by atoms with E-state index >= 15 is 0 Å². The standard InChI is InChI=1S/C17H24FN3/c1-12(2)10-19-17-20-14(4)11-21(17)8-7-15-5-6-16(18)9-13(15)3/h5-6,9,11-12H,7-8,10H2,1-4H3,(H,19,20). The molecule has 1 heterocycles. The van der Waals surface area contributed by atoms with Crippen LogP contribution in [0.1, 0.15) is 30.7 Å². The summed E-state index contributed by atoms with van der Waals surface area (Å²) < 4.78 is 15.3. The van der Waals surface area contributed by atoms with Crippen molar-refractivity contribution in [3.05, 3.63) is 47.0 Å². The van der Waals surface area contributed by atoms with Gasteiger partial charge in [0.15, 0.2) is 0 Å². The van der Waals surface area contributed by atoms with Crippen LogP contribution in [0.5, 0.6) is 0 Å². The second-order valence-corrected chi connectivity index (χ2v) is 5.99. The molecule has 0 bridgehead atoms. The second kappa shape index (κ2) is 6.74. The van der Waals surface area contributed by atoms with Crippen LogP contribution in [0.4, 0.5) is 10.3 Å². The van der Waals surface area contributed by atoms with Gasteiger partial charge in [0, 0.05) is 19.3 Å². The predicted octanol–water partition coefficient (Wildman–Crippen LogP) is 3.95. The zero-order valence-electron chi connectivity index (χ0n) is 13.3. The Kier molecular flexibility index (Phi) is 4.99. The number of anilines is 1. The molecule has 21 heavy (non-hydrogen) atoms. The second-order valence-electron chi connectivity index (χ2n) is 5.99. The van der Waals surface area contributed by atoms with Gasteiger partial charge in [-0.05, 0) is 49.4 Å². The summed E-state index contributed by atoms with van der Waals surface area (Å²) in [5.41, 5.74) is 3.19. The number of aryl methyl sites for hydroxylation is 4. The smallest absolute Gasteiger partial charge is 0.203 e.